The number of carbonyl (C=O) groups is 1. The van der Waals surface area contributed by atoms with Crippen molar-refractivity contribution >= 4 is 11.7 Å². The fourth-order valence-corrected chi connectivity index (χ4v) is 2.30. The number of para-hydroxylation sites is 1. The first-order valence-electron chi connectivity index (χ1n) is 6.48. The summed E-state index contributed by atoms with van der Waals surface area (Å²) in [6.45, 7) is -0.0416. The first-order valence-corrected chi connectivity index (χ1v) is 6.48. The minimum absolute atomic E-state index is 0.0416. The topological polar surface area (TPSA) is 38.3 Å². The minimum atomic E-state index is -0.390. The smallest absolute Gasteiger partial charge is 0.329 e. The lowest BCUT2D eigenvalue weighted by molar-refractivity contribution is -0.145. The second-order valence-electron chi connectivity index (χ2n) is 4.76. The number of ether oxygens (including phenoxy) is 1. The highest BCUT2D eigenvalue weighted by atomic mass is 19.1. The number of nitrogens with one attached hydrogen (secondary N) is 1. The van der Waals surface area contributed by atoms with Crippen molar-refractivity contribution in [3.05, 3.63) is 65.5 Å². The molecule has 2 aromatic rings. The Hall–Kier alpha value is -2.36. The van der Waals surface area contributed by atoms with Crippen LogP contribution >= 0.6 is 0 Å². The van der Waals surface area contributed by atoms with E-state index in [1.54, 1.807) is 18.2 Å². The Morgan fingerprint density at radius 1 is 1.20 bits per heavy atom. The van der Waals surface area contributed by atoms with Crippen LogP contribution in [0.3, 0.4) is 0 Å². The van der Waals surface area contributed by atoms with E-state index in [1.807, 2.05) is 24.3 Å². The summed E-state index contributed by atoms with van der Waals surface area (Å²) in [7, 11) is 0. The highest BCUT2D eigenvalue weighted by molar-refractivity contribution is 5.82. The van der Waals surface area contributed by atoms with Crippen LogP contribution in [0, 0.1) is 5.82 Å². The Morgan fingerprint density at radius 2 is 1.95 bits per heavy atom. The molecular weight excluding hydrogens is 257 g/mol. The van der Waals surface area contributed by atoms with E-state index >= 15 is 0 Å². The van der Waals surface area contributed by atoms with Gasteiger partial charge in [-0.3, -0.25) is 0 Å². The summed E-state index contributed by atoms with van der Waals surface area (Å²) < 4.78 is 18.6. The minimum Gasteiger partial charge on any atom is -0.459 e. The van der Waals surface area contributed by atoms with E-state index in [-0.39, 0.29) is 24.4 Å². The lowest BCUT2D eigenvalue weighted by Crippen LogP contribution is -2.29. The van der Waals surface area contributed by atoms with Gasteiger partial charge in [-0.2, -0.15) is 0 Å². The summed E-state index contributed by atoms with van der Waals surface area (Å²) in [6.07, 6.45) is 0.603. The van der Waals surface area contributed by atoms with Crippen LogP contribution in [0.5, 0.6) is 0 Å². The number of rotatable bonds is 3. The second kappa shape index (κ2) is 5.33. The molecule has 1 atom stereocenters. The van der Waals surface area contributed by atoms with Gasteiger partial charge in [-0.25, -0.2) is 9.18 Å². The van der Waals surface area contributed by atoms with Crippen molar-refractivity contribution in [2.24, 2.45) is 0 Å². The number of esters is 1. The molecule has 0 spiro atoms. The molecule has 0 amide bonds. The molecule has 3 rings (SSSR count). The predicted molar refractivity (Wildman–Crippen MR) is 73.8 cm³/mol. The van der Waals surface area contributed by atoms with E-state index in [1.165, 1.54) is 6.07 Å². The zero-order valence-corrected chi connectivity index (χ0v) is 10.8. The monoisotopic (exact) mass is 271 g/mol. The summed E-state index contributed by atoms with van der Waals surface area (Å²) in [5, 5.41) is 3.12. The predicted octanol–water partition coefficient (Wildman–Crippen LogP) is 2.91. The van der Waals surface area contributed by atoms with Crippen molar-refractivity contribution in [2.45, 2.75) is 19.1 Å². The summed E-state index contributed by atoms with van der Waals surface area (Å²) in [4.78, 5) is 12.0. The Bertz CT molecular complexity index is 617. The molecule has 3 nitrogen and oxygen atoms in total. The number of hydrogen-bond acceptors (Lipinski definition) is 3. The van der Waals surface area contributed by atoms with Gasteiger partial charge in [0.15, 0.2) is 0 Å². The molecule has 1 N–H and O–H groups in total. The quantitative estimate of drug-likeness (QED) is 0.872. The van der Waals surface area contributed by atoms with Gasteiger partial charge in [-0.05, 0) is 17.7 Å². The number of fused-ring (bicyclic) bond motifs is 1. The van der Waals surface area contributed by atoms with E-state index in [2.05, 4.69) is 5.32 Å². The van der Waals surface area contributed by atoms with E-state index in [9.17, 15) is 9.18 Å². The lowest BCUT2D eigenvalue weighted by atomic mass is 10.1. The first kappa shape index (κ1) is 12.7. The molecule has 1 unspecified atom stereocenters. The van der Waals surface area contributed by atoms with Gasteiger partial charge in [-0.1, -0.05) is 36.4 Å². The normalized spacial score (nSPS) is 16.4. The molecule has 1 aliphatic heterocycles. The summed E-state index contributed by atoms with van der Waals surface area (Å²) >= 11 is 0. The maximum Gasteiger partial charge on any atom is 0.329 e. The number of benzene rings is 2. The molecule has 2 aromatic carbocycles. The third kappa shape index (κ3) is 2.50. The van der Waals surface area contributed by atoms with Crippen molar-refractivity contribution in [3.8, 4) is 0 Å². The van der Waals surface area contributed by atoms with E-state index in [0.717, 1.165) is 11.3 Å². The van der Waals surface area contributed by atoms with Gasteiger partial charge in [0.2, 0.25) is 0 Å². The molecule has 0 saturated heterocycles. The van der Waals surface area contributed by atoms with Gasteiger partial charge in [0, 0.05) is 17.7 Å². The zero-order chi connectivity index (χ0) is 13.9. The largest absolute Gasteiger partial charge is 0.459 e. The molecule has 0 saturated carbocycles. The Labute approximate surface area is 116 Å². The third-order valence-electron chi connectivity index (χ3n) is 3.38. The molecule has 0 aromatic heterocycles. The highest BCUT2D eigenvalue weighted by Gasteiger charge is 2.27. The Morgan fingerprint density at radius 3 is 2.75 bits per heavy atom. The first-order chi connectivity index (χ1) is 9.74. The van der Waals surface area contributed by atoms with Gasteiger partial charge >= 0.3 is 5.97 Å². The molecule has 0 fully saturated rings. The molecule has 1 heterocycles. The van der Waals surface area contributed by atoms with Crippen LogP contribution in [0.1, 0.15) is 11.1 Å². The molecule has 0 bridgehead atoms. The van der Waals surface area contributed by atoms with Crippen molar-refractivity contribution in [1.29, 1.82) is 0 Å². The fourth-order valence-electron chi connectivity index (χ4n) is 2.30. The number of carbonyl (C=O) groups excluding carboxylic acids is 1. The molecule has 4 heteroatoms. The van der Waals surface area contributed by atoms with Crippen LogP contribution in [-0.2, 0) is 22.6 Å². The molecule has 102 valence electrons. The van der Waals surface area contributed by atoms with Gasteiger partial charge in [0.05, 0.1) is 0 Å². The Balaban J connectivity index is 1.61. The number of anilines is 1. The lowest BCUT2D eigenvalue weighted by Gasteiger charge is -2.11. The van der Waals surface area contributed by atoms with Crippen LogP contribution in [-0.4, -0.2) is 12.0 Å². The number of halogens is 1. The molecule has 20 heavy (non-hydrogen) atoms. The zero-order valence-electron chi connectivity index (χ0n) is 10.8. The molecule has 1 aliphatic rings. The van der Waals surface area contributed by atoms with Gasteiger partial charge in [0.1, 0.15) is 18.5 Å². The van der Waals surface area contributed by atoms with Crippen LogP contribution in [0.15, 0.2) is 48.5 Å². The SMILES string of the molecule is O=C(OCc1ccccc1F)C1Cc2ccccc2N1. The van der Waals surface area contributed by atoms with Gasteiger partial charge < -0.3 is 10.1 Å². The third-order valence-corrected chi connectivity index (χ3v) is 3.38. The molecule has 0 radical (unpaired) electrons. The van der Waals surface area contributed by atoms with Crippen molar-refractivity contribution < 1.29 is 13.9 Å². The van der Waals surface area contributed by atoms with Crippen molar-refractivity contribution in [3.63, 3.8) is 0 Å². The number of hydrogen-bond donors (Lipinski definition) is 1. The van der Waals surface area contributed by atoms with Crippen molar-refractivity contribution in [2.75, 3.05) is 5.32 Å². The standard InChI is InChI=1S/C16H14FNO2/c17-13-7-3-1-6-12(13)10-20-16(19)15-9-11-5-2-4-8-14(11)18-15/h1-8,15,18H,9-10H2. The average molecular weight is 271 g/mol. The second-order valence-corrected chi connectivity index (χ2v) is 4.76. The molecule has 0 aliphatic carbocycles. The van der Waals surface area contributed by atoms with E-state index in [0.29, 0.717) is 12.0 Å². The van der Waals surface area contributed by atoms with Crippen molar-refractivity contribution in [1.82, 2.24) is 0 Å². The Kier molecular flexibility index (Phi) is 3.37. The van der Waals surface area contributed by atoms with Crippen LogP contribution < -0.4 is 5.32 Å². The van der Waals surface area contributed by atoms with Crippen LogP contribution in [0.25, 0.3) is 0 Å². The summed E-state index contributed by atoms with van der Waals surface area (Å²) in [5.41, 5.74) is 2.44. The average Bonchev–Trinajstić information content (AvgIpc) is 2.90. The van der Waals surface area contributed by atoms with Crippen LogP contribution in [0.2, 0.25) is 0 Å². The maximum absolute atomic E-state index is 13.4. The fraction of sp³-hybridized carbons (Fsp3) is 0.188. The van der Waals surface area contributed by atoms with Crippen LogP contribution in [0.4, 0.5) is 10.1 Å². The summed E-state index contributed by atoms with van der Waals surface area (Å²) in [6, 6.07) is 13.7. The highest BCUT2D eigenvalue weighted by Crippen LogP contribution is 2.25. The van der Waals surface area contributed by atoms with Gasteiger partial charge in [-0.15, -0.1) is 0 Å². The van der Waals surface area contributed by atoms with Gasteiger partial charge in [0.25, 0.3) is 0 Å². The van der Waals surface area contributed by atoms with E-state index < -0.39 is 0 Å². The summed E-state index contributed by atoms with van der Waals surface area (Å²) in [5.74, 6) is -0.715. The van der Waals surface area contributed by atoms with E-state index in [4.69, 9.17) is 4.74 Å². The maximum atomic E-state index is 13.4. The molecular formula is C16H14FNO2.